The van der Waals surface area contributed by atoms with Gasteiger partial charge in [0.25, 0.3) is 0 Å². The summed E-state index contributed by atoms with van der Waals surface area (Å²) in [5, 5.41) is 17.7. The summed E-state index contributed by atoms with van der Waals surface area (Å²) in [5.74, 6) is 0.656. The fourth-order valence-corrected chi connectivity index (χ4v) is 1.35. The Hall–Kier alpha value is -1.76. The molecule has 7 heteroatoms. The van der Waals surface area contributed by atoms with Crippen LogP contribution in [0.2, 0.25) is 0 Å². The maximum Gasteiger partial charge on any atom is 0.177 e. The number of rotatable bonds is 2. The van der Waals surface area contributed by atoms with Crippen molar-refractivity contribution < 1.29 is 0 Å². The summed E-state index contributed by atoms with van der Waals surface area (Å²) in [6.07, 6.45) is 3.34. The van der Waals surface area contributed by atoms with Crippen LogP contribution in [0.25, 0.3) is 11.5 Å². The lowest BCUT2D eigenvalue weighted by Crippen LogP contribution is -2.43. The lowest BCUT2D eigenvalue weighted by atomic mass is 10.2. The van der Waals surface area contributed by atoms with Gasteiger partial charge in [-0.25, -0.2) is 9.67 Å². The van der Waals surface area contributed by atoms with Crippen molar-refractivity contribution in [3.8, 4) is 11.5 Å². The molecule has 1 aliphatic rings. The van der Waals surface area contributed by atoms with Gasteiger partial charge in [-0.3, -0.25) is 5.10 Å². The molecule has 1 aliphatic heterocycles. The Morgan fingerprint density at radius 2 is 2.36 bits per heavy atom. The van der Waals surface area contributed by atoms with Crippen molar-refractivity contribution in [2.45, 2.75) is 6.04 Å². The molecule has 3 heterocycles. The average molecular weight is 191 g/mol. The van der Waals surface area contributed by atoms with Crippen LogP contribution in [0, 0.1) is 0 Å². The highest BCUT2D eigenvalue weighted by Crippen LogP contribution is 2.14. The maximum atomic E-state index is 4.03. The molecule has 0 saturated carbocycles. The number of nitrogens with one attached hydrogen (secondary N) is 2. The molecule has 0 atom stereocenters. The molecular formula is C7H9N7. The number of aromatic nitrogens is 6. The third-order valence-electron chi connectivity index (χ3n) is 2.30. The molecule has 1 fully saturated rings. The Morgan fingerprint density at radius 3 is 3.00 bits per heavy atom. The van der Waals surface area contributed by atoms with Crippen LogP contribution in [0.3, 0.4) is 0 Å². The molecule has 7 nitrogen and oxygen atoms in total. The van der Waals surface area contributed by atoms with E-state index < -0.39 is 0 Å². The van der Waals surface area contributed by atoms with Crippen molar-refractivity contribution in [2.24, 2.45) is 0 Å². The van der Waals surface area contributed by atoms with E-state index in [1.54, 1.807) is 0 Å². The van der Waals surface area contributed by atoms with Crippen molar-refractivity contribution >= 4 is 0 Å². The zero-order valence-corrected chi connectivity index (χ0v) is 7.38. The van der Waals surface area contributed by atoms with Crippen molar-refractivity contribution in [1.82, 2.24) is 35.5 Å². The Bertz CT molecular complexity index is 413. The van der Waals surface area contributed by atoms with Crippen molar-refractivity contribution in [3.63, 3.8) is 0 Å². The summed E-state index contributed by atoms with van der Waals surface area (Å²) in [6.45, 7) is 1.92. The molecule has 72 valence electrons. The molecule has 0 aromatic carbocycles. The monoisotopic (exact) mass is 191 g/mol. The summed E-state index contributed by atoms with van der Waals surface area (Å²) in [4.78, 5) is 4.00. The predicted molar refractivity (Wildman–Crippen MR) is 47.3 cm³/mol. The molecule has 0 amide bonds. The molecule has 2 aromatic heterocycles. The highest BCUT2D eigenvalue weighted by atomic mass is 15.5. The first-order valence-corrected chi connectivity index (χ1v) is 4.42. The second kappa shape index (κ2) is 2.88. The summed E-state index contributed by atoms with van der Waals surface area (Å²) in [5.41, 5.74) is 0.731. The normalized spacial score (nSPS) is 16.9. The van der Waals surface area contributed by atoms with Crippen LogP contribution in [0.15, 0.2) is 12.5 Å². The average Bonchev–Trinajstić information content (AvgIpc) is 2.65. The molecule has 0 unspecified atom stereocenters. The molecule has 14 heavy (non-hydrogen) atoms. The van der Waals surface area contributed by atoms with E-state index in [2.05, 4.69) is 30.8 Å². The van der Waals surface area contributed by atoms with E-state index in [4.69, 9.17) is 0 Å². The van der Waals surface area contributed by atoms with Crippen LogP contribution < -0.4 is 5.32 Å². The quantitative estimate of drug-likeness (QED) is 0.649. The van der Waals surface area contributed by atoms with Gasteiger partial charge in [-0.05, 0) is 0 Å². The Morgan fingerprint density at radius 1 is 1.43 bits per heavy atom. The minimum absolute atomic E-state index is 0.430. The second-order valence-electron chi connectivity index (χ2n) is 3.23. The van der Waals surface area contributed by atoms with E-state index in [1.165, 1.54) is 6.33 Å². The van der Waals surface area contributed by atoms with Crippen LogP contribution in [-0.4, -0.2) is 43.3 Å². The fraction of sp³-hybridized carbons (Fsp3) is 0.429. The zero-order valence-electron chi connectivity index (χ0n) is 7.38. The minimum Gasteiger partial charge on any atom is -0.312 e. The lowest BCUT2D eigenvalue weighted by molar-refractivity contribution is 0.313. The van der Waals surface area contributed by atoms with E-state index in [-0.39, 0.29) is 0 Å². The van der Waals surface area contributed by atoms with Gasteiger partial charge < -0.3 is 5.32 Å². The van der Waals surface area contributed by atoms with Crippen LogP contribution >= 0.6 is 0 Å². The van der Waals surface area contributed by atoms with Crippen LogP contribution in [0.5, 0.6) is 0 Å². The Labute approximate surface area is 79.5 Å². The number of H-pyrrole nitrogens is 1. The molecule has 3 rings (SSSR count). The maximum absolute atomic E-state index is 4.03. The molecule has 0 aliphatic carbocycles. The summed E-state index contributed by atoms with van der Waals surface area (Å²) >= 11 is 0. The van der Waals surface area contributed by atoms with Crippen molar-refractivity contribution in [1.29, 1.82) is 0 Å². The van der Waals surface area contributed by atoms with Gasteiger partial charge >= 0.3 is 0 Å². The first-order chi connectivity index (χ1) is 6.93. The van der Waals surface area contributed by atoms with E-state index in [1.807, 2.05) is 10.9 Å². The van der Waals surface area contributed by atoms with Gasteiger partial charge in [0, 0.05) is 13.1 Å². The fourth-order valence-electron chi connectivity index (χ4n) is 1.35. The first kappa shape index (κ1) is 7.63. The van der Waals surface area contributed by atoms with Gasteiger partial charge in [-0.15, -0.1) is 5.10 Å². The van der Waals surface area contributed by atoms with Crippen LogP contribution in [0.1, 0.15) is 6.04 Å². The highest BCUT2D eigenvalue weighted by Gasteiger charge is 2.20. The smallest absolute Gasteiger partial charge is 0.177 e. The zero-order chi connectivity index (χ0) is 9.38. The van der Waals surface area contributed by atoms with Gasteiger partial charge in [-0.1, -0.05) is 5.21 Å². The summed E-state index contributed by atoms with van der Waals surface area (Å²) in [6, 6.07) is 0.430. The van der Waals surface area contributed by atoms with E-state index in [0.29, 0.717) is 11.9 Å². The largest absolute Gasteiger partial charge is 0.312 e. The van der Waals surface area contributed by atoms with E-state index in [0.717, 1.165) is 18.8 Å². The molecule has 0 spiro atoms. The van der Waals surface area contributed by atoms with Crippen LogP contribution in [0.4, 0.5) is 0 Å². The SMILES string of the molecule is c1n[nH]c(-c2cn(C3CNC3)nn2)n1. The third-order valence-corrected chi connectivity index (χ3v) is 2.30. The highest BCUT2D eigenvalue weighted by molar-refractivity contribution is 5.44. The van der Waals surface area contributed by atoms with Crippen molar-refractivity contribution in [3.05, 3.63) is 12.5 Å². The van der Waals surface area contributed by atoms with Gasteiger partial charge in [0.05, 0.1) is 12.2 Å². The first-order valence-electron chi connectivity index (χ1n) is 4.42. The molecular weight excluding hydrogens is 182 g/mol. The van der Waals surface area contributed by atoms with Crippen molar-refractivity contribution in [2.75, 3.05) is 13.1 Å². The topological polar surface area (TPSA) is 84.3 Å². The number of aromatic amines is 1. The third kappa shape index (κ3) is 1.10. The van der Waals surface area contributed by atoms with Gasteiger partial charge in [-0.2, -0.15) is 5.10 Å². The van der Waals surface area contributed by atoms with E-state index >= 15 is 0 Å². The summed E-state index contributed by atoms with van der Waals surface area (Å²) in [7, 11) is 0. The lowest BCUT2D eigenvalue weighted by Gasteiger charge is -2.26. The molecule has 2 N–H and O–H groups in total. The standard InChI is InChI=1S/C7H9N7/c1-5(2-8-1)14-3-6(11-13-14)7-9-4-10-12-7/h3-5,8H,1-2H2,(H,9,10,12). The number of hydrogen-bond acceptors (Lipinski definition) is 5. The van der Waals surface area contributed by atoms with Gasteiger partial charge in [0.15, 0.2) is 5.82 Å². The Balaban J connectivity index is 1.90. The molecule has 2 aromatic rings. The second-order valence-corrected chi connectivity index (χ2v) is 3.23. The molecule has 1 saturated heterocycles. The van der Waals surface area contributed by atoms with Crippen LogP contribution in [-0.2, 0) is 0 Å². The van der Waals surface area contributed by atoms with Gasteiger partial charge in [0.1, 0.15) is 12.0 Å². The van der Waals surface area contributed by atoms with E-state index in [9.17, 15) is 0 Å². The number of hydrogen-bond donors (Lipinski definition) is 2. The predicted octanol–water partition coefficient (Wildman–Crippen LogP) is -0.793. The molecule has 0 radical (unpaired) electrons. The minimum atomic E-state index is 0.430. The Kier molecular flexibility index (Phi) is 1.57. The number of nitrogens with zero attached hydrogens (tertiary/aromatic N) is 5. The van der Waals surface area contributed by atoms with Gasteiger partial charge in [0.2, 0.25) is 0 Å². The molecule has 0 bridgehead atoms. The summed E-state index contributed by atoms with van der Waals surface area (Å²) < 4.78 is 1.86.